The maximum atomic E-state index is 5.95. The van der Waals surface area contributed by atoms with Crippen molar-refractivity contribution >= 4 is 22.5 Å². The summed E-state index contributed by atoms with van der Waals surface area (Å²) in [5.74, 6) is 1.23. The van der Waals surface area contributed by atoms with Gasteiger partial charge in [-0.15, -0.1) is 0 Å². The summed E-state index contributed by atoms with van der Waals surface area (Å²) in [6.07, 6.45) is 0.961. The molecule has 0 N–H and O–H groups in total. The molecule has 3 nitrogen and oxygen atoms in total. The first-order valence-electron chi connectivity index (χ1n) is 6.45. The first kappa shape index (κ1) is 12.9. The summed E-state index contributed by atoms with van der Waals surface area (Å²) >= 11 is 5.95. The van der Waals surface area contributed by atoms with Gasteiger partial charge in [-0.2, -0.15) is 4.98 Å². The fourth-order valence-electron chi connectivity index (χ4n) is 2.04. The van der Waals surface area contributed by atoms with Gasteiger partial charge in [-0.25, -0.2) is 4.98 Å². The fraction of sp³-hybridized carbons (Fsp3) is 0.125. The Labute approximate surface area is 122 Å². The van der Waals surface area contributed by atoms with Crippen LogP contribution in [0.1, 0.15) is 12.5 Å². The van der Waals surface area contributed by atoms with Gasteiger partial charge in [-0.1, -0.05) is 31.2 Å². The van der Waals surface area contributed by atoms with Crippen molar-refractivity contribution in [3.8, 4) is 11.6 Å². The zero-order valence-electron chi connectivity index (χ0n) is 11.0. The van der Waals surface area contributed by atoms with Crippen LogP contribution in [0.3, 0.4) is 0 Å². The third kappa shape index (κ3) is 2.58. The molecule has 0 aliphatic carbocycles. The molecule has 0 radical (unpaired) electrons. The molecular formula is C16H13ClN2O. The van der Waals surface area contributed by atoms with E-state index in [1.165, 1.54) is 5.56 Å². The first-order valence-corrected chi connectivity index (χ1v) is 6.83. The number of benzene rings is 2. The summed E-state index contributed by atoms with van der Waals surface area (Å²) in [5.41, 5.74) is 1.99. The number of ether oxygens (including phenoxy) is 1. The van der Waals surface area contributed by atoms with Gasteiger partial charge in [0.15, 0.2) is 0 Å². The smallest absolute Gasteiger partial charge is 0.231 e. The molecule has 1 aromatic heterocycles. The Kier molecular flexibility index (Phi) is 3.52. The van der Waals surface area contributed by atoms with Crippen LogP contribution in [0.4, 0.5) is 0 Å². The van der Waals surface area contributed by atoms with Gasteiger partial charge in [-0.05, 0) is 47.9 Å². The second-order valence-corrected chi connectivity index (χ2v) is 4.76. The van der Waals surface area contributed by atoms with Gasteiger partial charge < -0.3 is 4.74 Å². The zero-order chi connectivity index (χ0) is 13.9. The molecule has 3 rings (SSSR count). The number of fused-ring (bicyclic) bond motifs is 1. The standard InChI is InChI=1S/C16H13ClN2O/c1-2-11-6-5-7-12(10-11)20-15-13-8-3-4-9-14(13)18-16(17)19-15/h3-10H,2H2,1H3. The maximum Gasteiger partial charge on any atom is 0.231 e. The molecule has 0 unspecified atom stereocenters. The van der Waals surface area contributed by atoms with E-state index in [1.54, 1.807) is 0 Å². The van der Waals surface area contributed by atoms with Crippen LogP contribution in [0.2, 0.25) is 5.28 Å². The lowest BCUT2D eigenvalue weighted by molar-refractivity contribution is 0.467. The fourth-order valence-corrected chi connectivity index (χ4v) is 2.21. The van der Waals surface area contributed by atoms with E-state index in [0.717, 1.165) is 23.1 Å². The number of nitrogens with zero attached hydrogens (tertiary/aromatic N) is 2. The highest BCUT2D eigenvalue weighted by Crippen LogP contribution is 2.28. The first-order chi connectivity index (χ1) is 9.76. The van der Waals surface area contributed by atoms with Crippen LogP contribution in [-0.4, -0.2) is 9.97 Å². The van der Waals surface area contributed by atoms with Gasteiger partial charge in [0, 0.05) is 0 Å². The Morgan fingerprint density at radius 1 is 1.05 bits per heavy atom. The maximum absolute atomic E-state index is 5.95. The van der Waals surface area contributed by atoms with E-state index >= 15 is 0 Å². The quantitative estimate of drug-likeness (QED) is 0.657. The molecule has 20 heavy (non-hydrogen) atoms. The Morgan fingerprint density at radius 2 is 1.90 bits per heavy atom. The molecule has 2 aromatic carbocycles. The van der Waals surface area contributed by atoms with Crippen LogP contribution in [-0.2, 0) is 6.42 Å². The molecule has 0 fully saturated rings. The van der Waals surface area contributed by atoms with Crippen molar-refractivity contribution in [1.82, 2.24) is 9.97 Å². The molecule has 0 bridgehead atoms. The van der Waals surface area contributed by atoms with Crippen molar-refractivity contribution < 1.29 is 4.74 Å². The summed E-state index contributed by atoms with van der Waals surface area (Å²) in [7, 11) is 0. The van der Waals surface area contributed by atoms with E-state index < -0.39 is 0 Å². The molecule has 0 aliphatic heterocycles. The predicted octanol–water partition coefficient (Wildman–Crippen LogP) is 4.64. The van der Waals surface area contributed by atoms with Gasteiger partial charge in [0.2, 0.25) is 11.2 Å². The monoisotopic (exact) mass is 284 g/mol. The zero-order valence-corrected chi connectivity index (χ0v) is 11.8. The molecule has 0 saturated heterocycles. The average Bonchev–Trinajstić information content (AvgIpc) is 2.47. The molecule has 4 heteroatoms. The minimum Gasteiger partial charge on any atom is -0.438 e. The lowest BCUT2D eigenvalue weighted by atomic mass is 10.2. The highest BCUT2D eigenvalue weighted by atomic mass is 35.5. The van der Waals surface area contributed by atoms with E-state index in [-0.39, 0.29) is 5.28 Å². The van der Waals surface area contributed by atoms with E-state index in [0.29, 0.717) is 5.88 Å². The average molecular weight is 285 g/mol. The summed E-state index contributed by atoms with van der Waals surface area (Å²) in [6.45, 7) is 2.11. The van der Waals surface area contributed by atoms with Crippen molar-refractivity contribution in [2.75, 3.05) is 0 Å². The number of hydrogen-bond acceptors (Lipinski definition) is 3. The third-order valence-corrected chi connectivity index (χ3v) is 3.23. The highest BCUT2D eigenvalue weighted by Gasteiger charge is 2.08. The number of aromatic nitrogens is 2. The van der Waals surface area contributed by atoms with Gasteiger partial charge in [0.25, 0.3) is 0 Å². The van der Waals surface area contributed by atoms with Gasteiger partial charge in [0.05, 0.1) is 10.9 Å². The number of halogens is 1. The molecule has 100 valence electrons. The molecule has 0 atom stereocenters. The van der Waals surface area contributed by atoms with Crippen molar-refractivity contribution in [3.05, 3.63) is 59.4 Å². The van der Waals surface area contributed by atoms with Crippen LogP contribution in [0.25, 0.3) is 10.9 Å². The number of rotatable bonds is 3. The van der Waals surface area contributed by atoms with Crippen molar-refractivity contribution in [1.29, 1.82) is 0 Å². The summed E-state index contributed by atoms with van der Waals surface area (Å²) < 4.78 is 5.88. The highest BCUT2D eigenvalue weighted by molar-refractivity contribution is 6.28. The minimum absolute atomic E-state index is 0.186. The summed E-state index contributed by atoms with van der Waals surface area (Å²) in [6, 6.07) is 15.6. The molecule has 0 amide bonds. The normalized spacial score (nSPS) is 10.7. The molecule has 3 aromatic rings. The minimum atomic E-state index is 0.186. The number of aryl methyl sites for hydroxylation is 1. The number of hydrogen-bond donors (Lipinski definition) is 0. The van der Waals surface area contributed by atoms with E-state index in [4.69, 9.17) is 16.3 Å². The van der Waals surface area contributed by atoms with Gasteiger partial charge >= 0.3 is 0 Å². The Balaban J connectivity index is 2.05. The van der Waals surface area contributed by atoms with Crippen LogP contribution in [0, 0.1) is 0 Å². The summed E-state index contributed by atoms with van der Waals surface area (Å²) in [5, 5.41) is 1.03. The Bertz CT molecular complexity index is 758. The number of para-hydroxylation sites is 1. The third-order valence-electron chi connectivity index (χ3n) is 3.06. The second kappa shape index (κ2) is 5.47. The van der Waals surface area contributed by atoms with Crippen LogP contribution >= 0.6 is 11.6 Å². The van der Waals surface area contributed by atoms with Crippen molar-refractivity contribution in [2.24, 2.45) is 0 Å². The van der Waals surface area contributed by atoms with Crippen LogP contribution in [0.15, 0.2) is 48.5 Å². The molecule has 0 aliphatic rings. The SMILES string of the molecule is CCc1cccc(Oc2nc(Cl)nc3ccccc23)c1. The topological polar surface area (TPSA) is 35.0 Å². The Morgan fingerprint density at radius 3 is 2.75 bits per heavy atom. The van der Waals surface area contributed by atoms with Crippen LogP contribution < -0.4 is 4.74 Å². The van der Waals surface area contributed by atoms with E-state index in [9.17, 15) is 0 Å². The molecule has 0 spiro atoms. The van der Waals surface area contributed by atoms with E-state index in [2.05, 4.69) is 23.0 Å². The second-order valence-electron chi connectivity index (χ2n) is 4.42. The van der Waals surface area contributed by atoms with Gasteiger partial charge in [0.1, 0.15) is 5.75 Å². The summed E-state index contributed by atoms with van der Waals surface area (Å²) in [4.78, 5) is 8.37. The molecule has 0 saturated carbocycles. The molecule has 1 heterocycles. The lowest BCUT2D eigenvalue weighted by Crippen LogP contribution is -1.93. The van der Waals surface area contributed by atoms with Crippen LogP contribution in [0.5, 0.6) is 11.6 Å². The van der Waals surface area contributed by atoms with Crippen molar-refractivity contribution in [2.45, 2.75) is 13.3 Å². The largest absolute Gasteiger partial charge is 0.438 e. The van der Waals surface area contributed by atoms with E-state index in [1.807, 2.05) is 42.5 Å². The predicted molar refractivity (Wildman–Crippen MR) is 80.4 cm³/mol. The van der Waals surface area contributed by atoms with Gasteiger partial charge in [-0.3, -0.25) is 0 Å². The van der Waals surface area contributed by atoms with Crippen molar-refractivity contribution in [3.63, 3.8) is 0 Å². The molecular weight excluding hydrogens is 272 g/mol. The lowest BCUT2D eigenvalue weighted by Gasteiger charge is -2.08. The Hall–Kier alpha value is -2.13.